The van der Waals surface area contributed by atoms with Gasteiger partial charge in [0.2, 0.25) is 0 Å². The van der Waals surface area contributed by atoms with Gasteiger partial charge in [0.15, 0.2) is 5.78 Å². The van der Waals surface area contributed by atoms with Crippen LogP contribution in [0.2, 0.25) is 0 Å². The maximum absolute atomic E-state index is 13.0. The van der Waals surface area contributed by atoms with E-state index >= 15 is 0 Å². The zero-order valence-corrected chi connectivity index (χ0v) is 13.0. The Hall–Kier alpha value is -2.49. The van der Waals surface area contributed by atoms with Crippen molar-refractivity contribution in [3.63, 3.8) is 0 Å². The highest BCUT2D eigenvalue weighted by molar-refractivity contribution is 6.05. The third kappa shape index (κ3) is 2.89. The Labute approximate surface area is 134 Å². The van der Waals surface area contributed by atoms with Crippen molar-refractivity contribution in [1.82, 2.24) is 0 Å². The highest BCUT2D eigenvalue weighted by Crippen LogP contribution is 2.56. The standard InChI is InChI=1S/C19H17FO3/c1-11(21)16-17(13-4-3-5-15(10-13)23-2)18(16)19(22)12-6-8-14(20)9-7-12/h3-10,16-18H,1-2H3. The van der Waals surface area contributed by atoms with Crippen LogP contribution in [0.1, 0.15) is 28.8 Å². The van der Waals surface area contributed by atoms with Gasteiger partial charge in [0.1, 0.15) is 17.3 Å². The zero-order valence-electron chi connectivity index (χ0n) is 13.0. The minimum atomic E-state index is -0.384. The van der Waals surface area contributed by atoms with E-state index in [0.29, 0.717) is 11.3 Å². The van der Waals surface area contributed by atoms with E-state index in [4.69, 9.17) is 4.74 Å². The molecule has 0 amide bonds. The Morgan fingerprint density at radius 2 is 1.74 bits per heavy atom. The van der Waals surface area contributed by atoms with Crippen molar-refractivity contribution >= 4 is 11.6 Å². The van der Waals surface area contributed by atoms with Gasteiger partial charge in [0.05, 0.1) is 7.11 Å². The molecule has 118 valence electrons. The van der Waals surface area contributed by atoms with Crippen LogP contribution in [0.5, 0.6) is 5.75 Å². The topological polar surface area (TPSA) is 43.4 Å². The number of ketones is 2. The largest absolute Gasteiger partial charge is 0.497 e. The van der Waals surface area contributed by atoms with Gasteiger partial charge in [-0.05, 0) is 48.9 Å². The molecule has 23 heavy (non-hydrogen) atoms. The number of rotatable bonds is 5. The van der Waals surface area contributed by atoms with Crippen LogP contribution in [0, 0.1) is 17.7 Å². The molecule has 0 spiro atoms. The first-order valence-electron chi connectivity index (χ1n) is 7.47. The SMILES string of the molecule is COc1cccc(C2C(C(C)=O)C2C(=O)c2ccc(F)cc2)c1. The summed E-state index contributed by atoms with van der Waals surface area (Å²) in [4.78, 5) is 24.6. The van der Waals surface area contributed by atoms with E-state index in [1.165, 1.54) is 31.2 Å². The molecular formula is C19H17FO3. The minimum Gasteiger partial charge on any atom is -0.497 e. The summed E-state index contributed by atoms with van der Waals surface area (Å²) >= 11 is 0. The van der Waals surface area contributed by atoms with E-state index in [0.717, 1.165) is 5.56 Å². The summed E-state index contributed by atoms with van der Waals surface area (Å²) in [5.74, 6) is -0.643. The molecule has 3 nitrogen and oxygen atoms in total. The Morgan fingerprint density at radius 1 is 1.04 bits per heavy atom. The second kappa shape index (κ2) is 5.95. The number of benzene rings is 2. The lowest BCUT2D eigenvalue weighted by atomic mass is 10.0. The van der Waals surface area contributed by atoms with E-state index in [-0.39, 0.29) is 35.1 Å². The first-order valence-corrected chi connectivity index (χ1v) is 7.47. The molecule has 0 radical (unpaired) electrons. The van der Waals surface area contributed by atoms with Crippen LogP contribution in [0.4, 0.5) is 4.39 Å². The lowest BCUT2D eigenvalue weighted by Crippen LogP contribution is -2.06. The van der Waals surface area contributed by atoms with Crippen molar-refractivity contribution < 1.29 is 18.7 Å². The number of hydrogen-bond donors (Lipinski definition) is 0. The maximum Gasteiger partial charge on any atom is 0.167 e. The number of carbonyl (C=O) groups excluding carboxylic acids is 2. The summed E-state index contributed by atoms with van der Waals surface area (Å²) in [6.45, 7) is 1.51. The molecule has 3 rings (SSSR count). The molecule has 0 saturated heterocycles. The van der Waals surface area contributed by atoms with Gasteiger partial charge >= 0.3 is 0 Å². The smallest absolute Gasteiger partial charge is 0.167 e. The van der Waals surface area contributed by atoms with E-state index in [2.05, 4.69) is 0 Å². The van der Waals surface area contributed by atoms with Gasteiger partial charge in [-0.3, -0.25) is 9.59 Å². The van der Waals surface area contributed by atoms with Crippen LogP contribution in [0.15, 0.2) is 48.5 Å². The second-order valence-corrected chi connectivity index (χ2v) is 5.84. The fourth-order valence-electron chi connectivity index (χ4n) is 3.21. The molecule has 4 heteroatoms. The average molecular weight is 312 g/mol. The van der Waals surface area contributed by atoms with Gasteiger partial charge in [-0.2, -0.15) is 0 Å². The van der Waals surface area contributed by atoms with Crippen molar-refractivity contribution in [2.24, 2.45) is 11.8 Å². The number of carbonyl (C=O) groups is 2. The Bertz CT molecular complexity index is 751. The average Bonchev–Trinajstić information content (AvgIpc) is 3.31. The van der Waals surface area contributed by atoms with Crippen LogP contribution in [-0.2, 0) is 4.79 Å². The summed E-state index contributed by atoms with van der Waals surface area (Å²) in [6.07, 6.45) is 0. The van der Waals surface area contributed by atoms with Gasteiger partial charge in [-0.15, -0.1) is 0 Å². The quantitative estimate of drug-likeness (QED) is 0.792. The van der Waals surface area contributed by atoms with E-state index in [9.17, 15) is 14.0 Å². The number of Topliss-reactive ketones (excluding diaryl/α,β-unsaturated/α-hetero) is 2. The first-order chi connectivity index (χ1) is 11.0. The summed E-state index contributed by atoms with van der Waals surface area (Å²) in [6, 6.07) is 12.9. The number of methoxy groups -OCH3 is 1. The Balaban J connectivity index is 1.90. The highest BCUT2D eigenvalue weighted by atomic mass is 19.1. The fourth-order valence-corrected chi connectivity index (χ4v) is 3.21. The molecule has 3 unspecified atom stereocenters. The van der Waals surface area contributed by atoms with Gasteiger partial charge in [-0.1, -0.05) is 12.1 Å². The molecule has 3 atom stereocenters. The molecule has 1 fully saturated rings. The number of halogens is 1. The zero-order chi connectivity index (χ0) is 16.6. The Morgan fingerprint density at radius 3 is 2.35 bits per heavy atom. The molecule has 0 aromatic heterocycles. The lowest BCUT2D eigenvalue weighted by Gasteiger charge is -2.04. The molecule has 1 aliphatic rings. The number of ether oxygens (including phenoxy) is 1. The van der Waals surface area contributed by atoms with Crippen LogP contribution in [0.3, 0.4) is 0 Å². The molecule has 0 heterocycles. The number of hydrogen-bond acceptors (Lipinski definition) is 3. The molecule has 0 aliphatic heterocycles. The monoisotopic (exact) mass is 312 g/mol. The minimum absolute atomic E-state index is 0.00159. The van der Waals surface area contributed by atoms with Crippen molar-refractivity contribution in [1.29, 1.82) is 0 Å². The van der Waals surface area contributed by atoms with Crippen molar-refractivity contribution in [2.45, 2.75) is 12.8 Å². The molecule has 0 bridgehead atoms. The summed E-state index contributed by atoms with van der Waals surface area (Å²) in [7, 11) is 1.58. The molecule has 1 saturated carbocycles. The van der Waals surface area contributed by atoms with Gasteiger partial charge in [0.25, 0.3) is 0 Å². The van der Waals surface area contributed by atoms with Crippen LogP contribution in [-0.4, -0.2) is 18.7 Å². The van der Waals surface area contributed by atoms with Crippen LogP contribution >= 0.6 is 0 Å². The molecule has 0 N–H and O–H groups in total. The molecule has 1 aliphatic carbocycles. The van der Waals surface area contributed by atoms with Crippen molar-refractivity contribution in [3.05, 3.63) is 65.5 Å². The highest BCUT2D eigenvalue weighted by Gasteiger charge is 2.57. The van der Waals surface area contributed by atoms with Crippen molar-refractivity contribution in [2.75, 3.05) is 7.11 Å². The van der Waals surface area contributed by atoms with E-state index < -0.39 is 0 Å². The summed E-state index contributed by atoms with van der Waals surface area (Å²) in [5, 5.41) is 0. The Kier molecular flexibility index (Phi) is 3.99. The van der Waals surface area contributed by atoms with Crippen LogP contribution < -0.4 is 4.74 Å². The first kappa shape index (κ1) is 15.4. The van der Waals surface area contributed by atoms with E-state index in [1.807, 2.05) is 24.3 Å². The lowest BCUT2D eigenvalue weighted by molar-refractivity contribution is -0.118. The molecule has 2 aromatic carbocycles. The third-order valence-electron chi connectivity index (χ3n) is 4.40. The summed E-state index contributed by atoms with van der Waals surface area (Å²) in [5.41, 5.74) is 1.36. The van der Waals surface area contributed by atoms with Gasteiger partial charge < -0.3 is 4.74 Å². The predicted octanol–water partition coefficient (Wildman–Crippen LogP) is 3.64. The maximum atomic E-state index is 13.0. The summed E-state index contributed by atoms with van der Waals surface area (Å²) < 4.78 is 18.2. The normalized spacial score (nSPS) is 22.5. The second-order valence-electron chi connectivity index (χ2n) is 5.84. The van der Waals surface area contributed by atoms with Gasteiger partial charge in [0, 0.05) is 23.3 Å². The third-order valence-corrected chi connectivity index (χ3v) is 4.40. The van der Waals surface area contributed by atoms with Crippen molar-refractivity contribution in [3.8, 4) is 5.75 Å². The van der Waals surface area contributed by atoms with Crippen LogP contribution in [0.25, 0.3) is 0 Å². The molecule has 2 aromatic rings. The molecular weight excluding hydrogens is 295 g/mol. The fraction of sp³-hybridized carbons (Fsp3) is 0.263. The predicted molar refractivity (Wildman–Crippen MR) is 84.1 cm³/mol. The van der Waals surface area contributed by atoms with E-state index in [1.54, 1.807) is 7.11 Å². The van der Waals surface area contributed by atoms with Gasteiger partial charge in [-0.25, -0.2) is 4.39 Å².